The molecule has 2 aromatic rings. The van der Waals surface area contributed by atoms with E-state index in [1.165, 1.54) is 24.8 Å². The van der Waals surface area contributed by atoms with E-state index in [9.17, 15) is 0 Å². The zero-order valence-corrected chi connectivity index (χ0v) is 16.6. The summed E-state index contributed by atoms with van der Waals surface area (Å²) in [6, 6.07) is 0.666. The molecule has 26 heavy (non-hydrogen) atoms. The lowest BCUT2D eigenvalue weighted by Gasteiger charge is -2.29. The Morgan fingerprint density at radius 2 is 2.04 bits per heavy atom. The first-order valence-corrected chi connectivity index (χ1v) is 9.82. The molecule has 1 spiro atoms. The fraction of sp³-hybridized carbons (Fsp3) is 0.700. The minimum atomic E-state index is 0.0264. The van der Waals surface area contributed by atoms with E-state index in [0.29, 0.717) is 11.5 Å². The number of rotatable bonds is 5. The maximum atomic E-state index is 4.60. The van der Waals surface area contributed by atoms with Crippen LogP contribution in [-0.2, 0) is 25.7 Å². The molecule has 0 amide bonds. The van der Waals surface area contributed by atoms with Gasteiger partial charge >= 0.3 is 0 Å². The van der Waals surface area contributed by atoms with Crippen molar-refractivity contribution in [2.75, 3.05) is 13.1 Å². The van der Waals surface area contributed by atoms with E-state index in [1.807, 2.05) is 18.6 Å². The van der Waals surface area contributed by atoms with E-state index >= 15 is 0 Å². The molecule has 0 aromatic carbocycles. The van der Waals surface area contributed by atoms with Gasteiger partial charge in [0, 0.05) is 43.8 Å². The Morgan fingerprint density at radius 3 is 2.65 bits per heavy atom. The van der Waals surface area contributed by atoms with Crippen molar-refractivity contribution in [3.05, 3.63) is 36.2 Å². The van der Waals surface area contributed by atoms with Gasteiger partial charge in [-0.25, -0.2) is 4.98 Å². The summed E-state index contributed by atoms with van der Waals surface area (Å²) >= 11 is 0. The molecule has 3 heterocycles. The van der Waals surface area contributed by atoms with E-state index in [4.69, 9.17) is 0 Å². The van der Waals surface area contributed by atoms with Gasteiger partial charge in [0.05, 0.1) is 18.3 Å². The van der Waals surface area contributed by atoms with Gasteiger partial charge < -0.3 is 9.88 Å². The monoisotopic (exact) mass is 356 g/mol. The Balaban J connectivity index is 1.53. The number of aryl methyl sites for hydroxylation is 1. The lowest BCUT2D eigenvalue weighted by atomic mass is 9.93. The van der Waals surface area contributed by atoms with Crippen molar-refractivity contribution in [2.45, 2.75) is 64.7 Å². The van der Waals surface area contributed by atoms with Crippen LogP contribution in [0.25, 0.3) is 0 Å². The number of imidazole rings is 1. The SMILES string of the molecule is Cn1ccnc1CN(Cc1cnn(C(C)(C)C)c1)[C@H]1CC12CCNCC2. The average molecular weight is 357 g/mol. The average Bonchev–Trinajstić information content (AvgIpc) is 2.94. The van der Waals surface area contributed by atoms with Crippen molar-refractivity contribution in [2.24, 2.45) is 12.5 Å². The molecule has 1 saturated carbocycles. The molecule has 1 N–H and O–H groups in total. The number of hydrogen-bond acceptors (Lipinski definition) is 4. The van der Waals surface area contributed by atoms with Crippen LogP contribution >= 0.6 is 0 Å². The summed E-state index contributed by atoms with van der Waals surface area (Å²) in [6.07, 6.45) is 12.1. The summed E-state index contributed by atoms with van der Waals surface area (Å²) in [7, 11) is 2.09. The van der Waals surface area contributed by atoms with Gasteiger partial charge in [0.25, 0.3) is 0 Å². The van der Waals surface area contributed by atoms with E-state index in [1.54, 1.807) is 0 Å². The topological polar surface area (TPSA) is 50.9 Å². The molecule has 2 fully saturated rings. The Kier molecular flexibility index (Phi) is 4.43. The van der Waals surface area contributed by atoms with Crippen molar-refractivity contribution in [3.63, 3.8) is 0 Å². The molecule has 2 aromatic heterocycles. The van der Waals surface area contributed by atoms with Crippen molar-refractivity contribution < 1.29 is 0 Å². The largest absolute Gasteiger partial charge is 0.337 e. The third-order valence-electron chi connectivity index (χ3n) is 6.16. The predicted octanol–water partition coefficient (Wildman–Crippen LogP) is 2.52. The Bertz CT molecular complexity index is 746. The van der Waals surface area contributed by atoms with Crippen molar-refractivity contribution in [3.8, 4) is 0 Å². The van der Waals surface area contributed by atoms with Crippen LogP contribution in [0.2, 0.25) is 0 Å². The molecule has 0 unspecified atom stereocenters. The first kappa shape index (κ1) is 17.7. The van der Waals surface area contributed by atoms with Crippen molar-refractivity contribution >= 4 is 0 Å². The summed E-state index contributed by atoms with van der Waals surface area (Å²) in [5.74, 6) is 1.14. The van der Waals surface area contributed by atoms with Crippen LogP contribution in [0.5, 0.6) is 0 Å². The van der Waals surface area contributed by atoms with Crippen LogP contribution in [-0.4, -0.2) is 43.4 Å². The van der Waals surface area contributed by atoms with Gasteiger partial charge in [-0.1, -0.05) is 0 Å². The molecule has 2 aliphatic rings. The van der Waals surface area contributed by atoms with Crippen molar-refractivity contribution in [1.29, 1.82) is 0 Å². The normalized spacial score (nSPS) is 22.3. The molecule has 4 rings (SSSR count). The second-order valence-electron chi connectivity index (χ2n) is 9.16. The molecule has 6 heteroatoms. The molecule has 1 aliphatic carbocycles. The predicted molar refractivity (Wildman–Crippen MR) is 103 cm³/mol. The highest BCUT2D eigenvalue weighted by atomic mass is 15.3. The second kappa shape index (κ2) is 6.50. The van der Waals surface area contributed by atoms with Crippen LogP contribution in [0, 0.1) is 5.41 Å². The van der Waals surface area contributed by atoms with Crippen LogP contribution in [0.3, 0.4) is 0 Å². The molecule has 1 aliphatic heterocycles. The lowest BCUT2D eigenvalue weighted by molar-refractivity contribution is 0.182. The minimum Gasteiger partial charge on any atom is -0.337 e. The molecule has 1 saturated heterocycles. The molecule has 0 radical (unpaired) electrons. The summed E-state index contributed by atoms with van der Waals surface area (Å²) in [5.41, 5.74) is 1.85. The smallest absolute Gasteiger partial charge is 0.122 e. The van der Waals surface area contributed by atoms with Gasteiger partial charge in [0.15, 0.2) is 0 Å². The van der Waals surface area contributed by atoms with E-state index in [0.717, 1.165) is 32.0 Å². The number of piperidine rings is 1. The highest BCUT2D eigenvalue weighted by molar-refractivity contribution is 5.14. The fourth-order valence-electron chi connectivity index (χ4n) is 4.35. The van der Waals surface area contributed by atoms with Gasteiger partial charge in [-0.15, -0.1) is 0 Å². The molecule has 0 bridgehead atoms. The number of nitrogens with zero attached hydrogens (tertiary/aromatic N) is 5. The molecular weight excluding hydrogens is 324 g/mol. The number of hydrogen-bond donors (Lipinski definition) is 1. The summed E-state index contributed by atoms with van der Waals surface area (Å²) in [5, 5.41) is 8.11. The maximum absolute atomic E-state index is 4.60. The summed E-state index contributed by atoms with van der Waals surface area (Å²) in [4.78, 5) is 7.21. The first-order chi connectivity index (χ1) is 12.4. The lowest BCUT2D eigenvalue weighted by Crippen LogP contribution is -2.36. The van der Waals surface area contributed by atoms with Crippen LogP contribution < -0.4 is 5.32 Å². The number of aromatic nitrogens is 4. The van der Waals surface area contributed by atoms with Gasteiger partial charge in [-0.2, -0.15) is 5.10 Å². The van der Waals surface area contributed by atoms with E-state index in [2.05, 4.69) is 63.6 Å². The van der Waals surface area contributed by atoms with Gasteiger partial charge in [0.2, 0.25) is 0 Å². The Labute approximate surface area is 156 Å². The molecular formula is C20H32N6. The Morgan fingerprint density at radius 1 is 1.27 bits per heavy atom. The number of nitrogens with one attached hydrogen (secondary N) is 1. The van der Waals surface area contributed by atoms with Gasteiger partial charge in [0.1, 0.15) is 5.82 Å². The summed E-state index contributed by atoms with van der Waals surface area (Å²) in [6.45, 7) is 10.8. The quantitative estimate of drug-likeness (QED) is 0.894. The van der Waals surface area contributed by atoms with Gasteiger partial charge in [-0.3, -0.25) is 9.58 Å². The first-order valence-electron chi connectivity index (χ1n) is 9.82. The molecule has 6 nitrogen and oxygen atoms in total. The standard InChI is InChI=1S/C20H32N6/c1-19(2,3)26-14-16(12-23-26)13-25(15-18-22-9-10-24(18)4)17-11-20(17)5-7-21-8-6-20/h9-10,12,14,17,21H,5-8,11,13,15H2,1-4H3/t17-/m0/s1. The van der Waals surface area contributed by atoms with Crippen LogP contribution in [0.1, 0.15) is 51.4 Å². The minimum absolute atomic E-state index is 0.0264. The second-order valence-corrected chi connectivity index (χ2v) is 9.16. The van der Waals surface area contributed by atoms with Crippen LogP contribution in [0.15, 0.2) is 24.8 Å². The maximum Gasteiger partial charge on any atom is 0.122 e. The molecule has 142 valence electrons. The highest BCUT2D eigenvalue weighted by Gasteiger charge is 2.56. The van der Waals surface area contributed by atoms with Crippen molar-refractivity contribution in [1.82, 2.24) is 29.5 Å². The van der Waals surface area contributed by atoms with E-state index < -0.39 is 0 Å². The third kappa shape index (κ3) is 3.45. The zero-order valence-electron chi connectivity index (χ0n) is 16.6. The highest BCUT2D eigenvalue weighted by Crippen LogP contribution is 2.56. The third-order valence-corrected chi connectivity index (χ3v) is 6.16. The summed E-state index contributed by atoms with van der Waals surface area (Å²) < 4.78 is 4.22. The van der Waals surface area contributed by atoms with Crippen LogP contribution in [0.4, 0.5) is 0 Å². The van der Waals surface area contributed by atoms with E-state index in [-0.39, 0.29) is 5.54 Å². The zero-order chi connectivity index (χ0) is 18.4. The Hall–Kier alpha value is -1.66. The molecule has 1 atom stereocenters. The van der Waals surface area contributed by atoms with Gasteiger partial charge in [-0.05, 0) is 58.5 Å². The fourth-order valence-corrected chi connectivity index (χ4v) is 4.35.